The summed E-state index contributed by atoms with van der Waals surface area (Å²) in [6, 6.07) is 9.30. The van der Waals surface area contributed by atoms with Crippen LogP contribution in [0.15, 0.2) is 34.7 Å². The van der Waals surface area contributed by atoms with E-state index in [2.05, 4.69) is 5.32 Å². The summed E-state index contributed by atoms with van der Waals surface area (Å²) in [5.41, 5.74) is 0.828. The van der Waals surface area contributed by atoms with E-state index < -0.39 is 0 Å². The maximum atomic E-state index is 6.19. The van der Waals surface area contributed by atoms with Crippen LogP contribution in [0.1, 0.15) is 18.6 Å². The first-order chi connectivity index (χ1) is 10.2. The van der Waals surface area contributed by atoms with Gasteiger partial charge in [0.1, 0.15) is 25.0 Å². The Labute approximate surface area is 134 Å². The minimum atomic E-state index is 0.391. The third kappa shape index (κ3) is 3.80. The minimum Gasteiger partial charge on any atom is -0.455 e. The highest BCUT2D eigenvalue weighted by Gasteiger charge is 2.17. The number of halogens is 2. The number of hydrogen-bond acceptors (Lipinski definition) is 2. The largest absolute Gasteiger partial charge is 0.455 e. The van der Waals surface area contributed by atoms with Crippen molar-refractivity contribution < 1.29 is 14.5 Å². The standard InChI is InChI=1S/C16H17Cl2NO2/c17-11-3-5-15(18)14(8-11)16-6-4-13(21-16)10-19-9-12-2-1-7-20-12/h3-6,8,12,19H,1-2,7,9-10H2/p+1/t12-/m1/s1. The molecule has 21 heavy (non-hydrogen) atoms. The fraction of sp³-hybridized carbons (Fsp3) is 0.375. The quantitative estimate of drug-likeness (QED) is 0.913. The summed E-state index contributed by atoms with van der Waals surface area (Å²) in [4.78, 5) is 0. The Balaban J connectivity index is 1.61. The van der Waals surface area contributed by atoms with Gasteiger partial charge in [-0.05, 0) is 43.2 Å². The number of nitrogens with two attached hydrogens (primary N) is 1. The van der Waals surface area contributed by atoms with Crippen molar-refractivity contribution in [3.8, 4) is 11.3 Å². The van der Waals surface area contributed by atoms with Crippen molar-refractivity contribution in [2.24, 2.45) is 0 Å². The van der Waals surface area contributed by atoms with E-state index in [1.165, 1.54) is 6.42 Å². The summed E-state index contributed by atoms with van der Waals surface area (Å²) in [5.74, 6) is 1.68. The van der Waals surface area contributed by atoms with Gasteiger partial charge in [-0.25, -0.2) is 0 Å². The molecule has 1 aromatic carbocycles. The van der Waals surface area contributed by atoms with E-state index in [-0.39, 0.29) is 0 Å². The van der Waals surface area contributed by atoms with Crippen LogP contribution >= 0.6 is 23.2 Å². The molecule has 1 aromatic heterocycles. The fourth-order valence-corrected chi connectivity index (χ4v) is 2.94. The highest BCUT2D eigenvalue weighted by molar-refractivity contribution is 6.35. The summed E-state index contributed by atoms with van der Waals surface area (Å²) in [6.07, 6.45) is 2.73. The predicted molar refractivity (Wildman–Crippen MR) is 83.6 cm³/mol. The van der Waals surface area contributed by atoms with Crippen molar-refractivity contribution in [1.82, 2.24) is 0 Å². The second-order valence-electron chi connectivity index (χ2n) is 5.25. The van der Waals surface area contributed by atoms with Crippen LogP contribution in [-0.4, -0.2) is 19.3 Å². The van der Waals surface area contributed by atoms with Crippen LogP contribution in [-0.2, 0) is 11.3 Å². The molecule has 0 radical (unpaired) electrons. The maximum Gasteiger partial charge on any atom is 0.158 e. The lowest BCUT2D eigenvalue weighted by Crippen LogP contribution is -2.84. The van der Waals surface area contributed by atoms with Crippen LogP contribution in [0.3, 0.4) is 0 Å². The van der Waals surface area contributed by atoms with E-state index in [1.54, 1.807) is 12.1 Å². The number of furan rings is 1. The van der Waals surface area contributed by atoms with Crippen molar-refractivity contribution in [3.05, 3.63) is 46.1 Å². The Morgan fingerprint density at radius 3 is 2.90 bits per heavy atom. The van der Waals surface area contributed by atoms with Gasteiger partial charge in [-0.15, -0.1) is 0 Å². The molecule has 0 saturated carbocycles. The number of ether oxygens (including phenoxy) is 1. The molecule has 0 unspecified atom stereocenters. The van der Waals surface area contributed by atoms with E-state index in [0.29, 0.717) is 16.1 Å². The third-order valence-corrected chi connectivity index (χ3v) is 4.22. The van der Waals surface area contributed by atoms with Crippen molar-refractivity contribution in [1.29, 1.82) is 0 Å². The normalized spacial score (nSPS) is 18.3. The van der Waals surface area contributed by atoms with Crippen LogP contribution in [0.5, 0.6) is 0 Å². The number of hydrogen-bond donors (Lipinski definition) is 1. The number of benzene rings is 1. The Bertz CT molecular complexity index is 606. The van der Waals surface area contributed by atoms with Gasteiger partial charge >= 0.3 is 0 Å². The van der Waals surface area contributed by atoms with Gasteiger partial charge in [0.15, 0.2) is 5.76 Å². The van der Waals surface area contributed by atoms with Gasteiger partial charge in [0, 0.05) is 17.2 Å². The SMILES string of the molecule is Clc1ccc(Cl)c(-c2ccc(C[NH2+]C[C@H]3CCCO3)o2)c1. The van der Waals surface area contributed by atoms with E-state index in [9.17, 15) is 0 Å². The zero-order chi connectivity index (χ0) is 14.7. The van der Waals surface area contributed by atoms with Gasteiger partial charge in [-0.3, -0.25) is 0 Å². The molecule has 112 valence electrons. The Morgan fingerprint density at radius 2 is 2.10 bits per heavy atom. The smallest absolute Gasteiger partial charge is 0.158 e. The predicted octanol–water partition coefficient (Wildman–Crippen LogP) is 3.50. The average molecular weight is 327 g/mol. The minimum absolute atomic E-state index is 0.391. The van der Waals surface area contributed by atoms with E-state index in [1.807, 2.05) is 18.2 Å². The van der Waals surface area contributed by atoms with Crippen LogP contribution in [0.2, 0.25) is 10.0 Å². The van der Waals surface area contributed by atoms with Crippen molar-refractivity contribution in [2.75, 3.05) is 13.2 Å². The lowest BCUT2D eigenvalue weighted by Gasteiger charge is -2.06. The van der Waals surface area contributed by atoms with E-state index >= 15 is 0 Å². The molecule has 0 amide bonds. The van der Waals surface area contributed by atoms with Crippen molar-refractivity contribution >= 4 is 23.2 Å². The molecule has 1 aliphatic rings. The average Bonchev–Trinajstić information content (AvgIpc) is 3.13. The molecule has 1 aliphatic heterocycles. The Kier molecular flexibility index (Phi) is 4.86. The summed E-state index contributed by atoms with van der Waals surface area (Å²) < 4.78 is 11.5. The first-order valence-electron chi connectivity index (χ1n) is 7.20. The Hall–Kier alpha value is -1.00. The summed E-state index contributed by atoms with van der Waals surface area (Å²) >= 11 is 12.2. The summed E-state index contributed by atoms with van der Waals surface area (Å²) in [7, 11) is 0. The molecule has 2 heterocycles. The van der Waals surface area contributed by atoms with Crippen molar-refractivity contribution in [2.45, 2.75) is 25.5 Å². The molecule has 3 nitrogen and oxygen atoms in total. The summed E-state index contributed by atoms with van der Waals surface area (Å²) in [6.45, 7) is 2.68. The molecule has 3 rings (SSSR count). The van der Waals surface area contributed by atoms with Gasteiger partial charge in [-0.1, -0.05) is 23.2 Å². The molecule has 0 aliphatic carbocycles. The molecule has 1 saturated heterocycles. The fourth-order valence-electron chi connectivity index (χ4n) is 2.56. The second kappa shape index (κ2) is 6.84. The molecule has 0 bridgehead atoms. The lowest BCUT2D eigenvalue weighted by atomic mass is 10.2. The number of rotatable bonds is 5. The lowest BCUT2D eigenvalue weighted by molar-refractivity contribution is -0.677. The van der Waals surface area contributed by atoms with Crippen LogP contribution < -0.4 is 5.32 Å². The number of quaternary nitrogens is 1. The second-order valence-corrected chi connectivity index (χ2v) is 6.10. The Morgan fingerprint density at radius 1 is 1.19 bits per heavy atom. The molecule has 2 aromatic rings. The zero-order valence-electron chi connectivity index (χ0n) is 11.6. The first kappa shape index (κ1) is 14.9. The summed E-state index contributed by atoms with van der Waals surface area (Å²) in [5, 5.41) is 3.51. The maximum absolute atomic E-state index is 6.19. The van der Waals surface area contributed by atoms with Gasteiger partial charge in [0.2, 0.25) is 0 Å². The first-order valence-corrected chi connectivity index (χ1v) is 7.95. The highest BCUT2D eigenvalue weighted by Crippen LogP contribution is 2.31. The molecule has 1 atom stereocenters. The molecule has 1 fully saturated rings. The topological polar surface area (TPSA) is 39.0 Å². The molecule has 5 heteroatoms. The van der Waals surface area contributed by atoms with Crippen molar-refractivity contribution in [3.63, 3.8) is 0 Å². The molecule has 2 N–H and O–H groups in total. The van der Waals surface area contributed by atoms with Gasteiger partial charge < -0.3 is 14.5 Å². The van der Waals surface area contributed by atoms with Crippen LogP contribution in [0.4, 0.5) is 0 Å². The third-order valence-electron chi connectivity index (χ3n) is 3.65. The van der Waals surface area contributed by atoms with E-state index in [0.717, 1.165) is 43.2 Å². The molecular weight excluding hydrogens is 309 g/mol. The monoisotopic (exact) mass is 326 g/mol. The van der Waals surface area contributed by atoms with Crippen LogP contribution in [0, 0.1) is 0 Å². The van der Waals surface area contributed by atoms with Gasteiger partial charge in [0.05, 0.1) is 5.02 Å². The van der Waals surface area contributed by atoms with Crippen LogP contribution in [0.25, 0.3) is 11.3 Å². The van der Waals surface area contributed by atoms with Gasteiger partial charge in [0.25, 0.3) is 0 Å². The van der Waals surface area contributed by atoms with E-state index in [4.69, 9.17) is 32.4 Å². The van der Waals surface area contributed by atoms with Gasteiger partial charge in [-0.2, -0.15) is 0 Å². The highest BCUT2D eigenvalue weighted by atomic mass is 35.5. The zero-order valence-corrected chi connectivity index (χ0v) is 13.2. The molecular formula is C16H18Cl2NO2+. The molecule has 0 spiro atoms.